The Balaban J connectivity index is 2.29. The van der Waals surface area contributed by atoms with Gasteiger partial charge in [-0.3, -0.25) is 5.43 Å². The molecule has 0 aliphatic rings. The van der Waals surface area contributed by atoms with Crippen molar-refractivity contribution in [2.75, 3.05) is 12.5 Å². The van der Waals surface area contributed by atoms with Crippen LogP contribution in [0.5, 0.6) is 5.75 Å². The standard InChI is InChI=1S/C13H8BrF4N3O/c1-22-8-3-2-7(14)4-6(8)5-19-21-11-9(15)12(17)20-13(18)10(11)16/h2-5H,1H3,(H,20,21)/b19-5+. The molecular weight excluding hydrogens is 370 g/mol. The molecule has 0 bridgehead atoms. The van der Waals surface area contributed by atoms with Gasteiger partial charge in [0.1, 0.15) is 11.4 Å². The molecule has 0 saturated heterocycles. The molecular formula is C13H8BrF4N3O. The Hall–Kier alpha value is -2.16. The van der Waals surface area contributed by atoms with Crippen LogP contribution in [0.25, 0.3) is 0 Å². The number of anilines is 1. The number of ether oxygens (including phenoxy) is 1. The van der Waals surface area contributed by atoms with E-state index in [1.54, 1.807) is 18.2 Å². The van der Waals surface area contributed by atoms with Crippen molar-refractivity contribution in [2.45, 2.75) is 0 Å². The predicted octanol–water partition coefficient (Wildman–Crippen LogP) is 3.86. The molecule has 0 aliphatic heterocycles. The quantitative estimate of drug-likeness (QED) is 0.381. The van der Waals surface area contributed by atoms with Crippen LogP contribution in [0.1, 0.15) is 5.56 Å². The summed E-state index contributed by atoms with van der Waals surface area (Å²) in [6, 6.07) is 4.99. The highest BCUT2D eigenvalue weighted by Gasteiger charge is 2.20. The van der Waals surface area contributed by atoms with E-state index in [9.17, 15) is 17.6 Å². The number of pyridine rings is 1. The Bertz CT molecular complexity index is 713. The van der Waals surface area contributed by atoms with E-state index in [0.717, 1.165) is 0 Å². The molecule has 2 aromatic rings. The van der Waals surface area contributed by atoms with Gasteiger partial charge in [0.05, 0.1) is 13.3 Å². The maximum atomic E-state index is 13.4. The lowest BCUT2D eigenvalue weighted by Gasteiger charge is -2.06. The van der Waals surface area contributed by atoms with Crippen molar-refractivity contribution in [3.05, 3.63) is 51.8 Å². The lowest BCUT2D eigenvalue weighted by Crippen LogP contribution is -2.06. The molecule has 4 nitrogen and oxygen atoms in total. The van der Waals surface area contributed by atoms with Crippen LogP contribution in [0, 0.1) is 23.5 Å². The molecule has 1 heterocycles. The molecule has 0 spiro atoms. The van der Waals surface area contributed by atoms with Crippen LogP contribution in [0.3, 0.4) is 0 Å². The predicted molar refractivity (Wildman–Crippen MR) is 76.0 cm³/mol. The Kier molecular flexibility index (Phi) is 4.96. The normalized spacial score (nSPS) is 11.0. The molecule has 0 amide bonds. The van der Waals surface area contributed by atoms with Gasteiger partial charge in [-0.25, -0.2) is 0 Å². The maximum Gasteiger partial charge on any atom is 0.254 e. The van der Waals surface area contributed by atoms with Crippen LogP contribution >= 0.6 is 15.9 Å². The summed E-state index contributed by atoms with van der Waals surface area (Å²) >= 11 is 3.24. The fraction of sp³-hybridized carbons (Fsp3) is 0.0769. The SMILES string of the molecule is COc1ccc(Br)cc1/C=N/Nc1c(F)c(F)nc(F)c1F. The van der Waals surface area contributed by atoms with Crippen molar-refractivity contribution in [1.29, 1.82) is 0 Å². The Morgan fingerprint density at radius 1 is 1.18 bits per heavy atom. The van der Waals surface area contributed by atoms with Crippen LogP contribution in [-0.2, 0) is 0 Å². The smallest absolute Gasteiger partial charge is 0.254 e. The average Bonchev–Trinajstić information content (AvgIpc) is 2.49. The minimum absolute atomic E-state index is 0.446. The first-order valence-electron chi connectivity index (χ1n) is 5.76. The third-order valence-electron chi connectivity index (χ3n) is 2.57. The van der Waals surface area contributed by atoms with Crippen LogP contribution < -0.4 is 10.2 Å². The van der Waals surface area contributed by atoms with Gasteiger partial charge in [-0.1, -0.05) is 15.9 Å². The number of methoxy groups -OCH3 is 1. The van der Waals surface area contributed by atoms with Crippen LogP contribution in [-0.4, -0.2) is 18.3 Å². The Morgan fingerprint density at radius 2 is 1.82 bits per heavy atom. The summed E-state index contributed by atoms with van der Waals surface area (Å²) in [5.74, 6) is -6.43. The molecule has 1 N–H and O–H groups in total. The maximum absolute atomic E-state index is 13.4. The average molecular weight is 378 g/mol. The second-order valence-electron chi connectivity index (χ2n) is 3.95. The minimum atomic E-state index is -1.77. The van der Waals surface area contributed by atoms with Crippen LogP contribution in [0.2, 0.25) is 0 Å². The molecule has 1 aromatic carbocycles. The van der Waals surface area contributed by atoms with E-state index in [1.165, 1.54) is 13.3 Å². The zero-order valence-corrected chi connectivity index (χ0v) is 12.6. The van der Waals surface area contributed by atoms with E-state index in [4.69, 9.17) is 4.74 Å². The van der Waals surface area contributed by atoms with Gasteiger partial charge >= 0.3 is 0 Å². The van der Waals surface area contributed by atoms with Gasteiger partial charge < -0.3 is 4.74 Å². The zero-order valence-electron chi connectivity index (χ0n) is 11.0. The monoisotopic (exact) mass is 377 g/mol. The van der Waals surface area contributed by atoms with E-state index in [-0.39, 0.29) is 0 Å². The van der Waals surface area contributed by atoms with Gasteiger partial charge in [0.15, 0.2) is 0 Å². The second kappa shape index (κ2) is 6.73. The number of hydrogen-bond donors (Lipinski definition) is 1. The van der Waals surface area contributed by atoms with Crippen LogP contribution in [0.15, 0.2) is 27.8 Å². The van der Waals surface area contributed by atoms with Crippen LogP contribution in [0.4, 0.5) is 23.2 Å². The van der Waals surface area contributed by atoms with Crippen molar-refractivity contribution >= 4 is 27.8 Å². The summed E-state index contributed by atoms with van der Waals surface area (Å²) in [6.07, 6.45) is 1.18. The van der Waals surface area contributed by atoms with Crippen molar-refractivity contribution in [2.24, 2.45) is 5.10 Å². The summed E-state index contributed by atoms with van der Waals surface area (Å²) in [7, 11) is 1.43. The van der Waals surface area contributed by atoms with Crippen molar-refractivity contribution in [1.82, 2.24) is 4.98 Å². The van der Waals surface area contributed by atoms with E-state index >= 15 is 0 Å². The fourth-order valence-corrected chi connectivity index (χ4v) is 1.94. The van der Waals surface area contributed by atoms with Crippen molar-refractivity contribution in [3.63, 3.8) is 0 Å². The number of nitrogens with zero attached hydrogens (tertiary/aromatic N) is 2. The lowest BCUT2D eigenvalue weighted by molar-refractivity contribution is 0.411. The van der Waals surface area contributed by atoms with Crippen molar-refractivity contribution in [3.8, 4) is 5.75 Å². The topological polar surface area (TPSA) is 46.5 Å². The first kappa shape index (κ1) is 16.2. The summed E-state index contributed by atoms with van der Waals surface area (Å²) in [5, 5.41) is 3.55. The van der Waals surface area contributed by atoms with Gasteiger partial charge in [-0.2, -0.15) is 27.6 Å². The number of hydrazone groups is 1. The molecule has 9 heteroatoms. The Labute approximate surface area is 130 Å². The number of halogens is 5. The second-order valence-corrected chi connectivity index (χ2v) is 4.87. The van der Waals surface area contributed by atoms with Gasteiger partial charge in [-0.15, -0.1) is 0 Å². The lowest BCUT2D eigenvalue weighted by atomic mass is 10.2. The summed E-state index contributed by atoms with van der Waals surface area (Å²) in [5.41, 5.74) is 1.31. The number of hydrogen-bond acceptors (Lipinski definition) is 4. The number of nitrogens with one attached hydrogen (secondary N) is 1. The zero-order chi connectivity index (χ0) is 16.3. The molecule has 0 atom stereocenters. The van der Waals surface area contributed by atoms with E-state index in [1.807, 2.05) is 5.43 Å². The largest absolute Gasteiger partial charge is 0.496 e. The molecule has 2 rings (SSSR count). The van der Waals surface area contributed by atoms with E-state index < -0.39 is 29.2 Å². The highest BCUT2D eigenvalue weighted by molar-refractivity contribution is 9.10. The minimum Gasteiger partial charge on any atom is -0.496 e. The third-order valence-corrected chi connectivity index (χ3v) is 3.06. The third kappa shape index (κ3) is 3.35. The molecule has 0 radical (unpaired) electrons. The molecule has 1 aromatic heterocycles. The molecule has 0 fully saturated rings. The highest BCUT2D eigenvalue weighted by Crippen LogP contribution is 2.23. The number of rotatable bonds is 4. The molecule has 0 saturated carbocycles. The van der Waals surface area contributed by atoms with Gasteiger partial charge in [0.25, 0.3) is 11.9 Å². The fourth-order valence-electron chi connectivity index (χ4n) is 1.56. The summed E-state index contributed by atoms with van der Waals surface area (Å²) in [4.78, 5) is 2.44. The number of benzene rings is 1. The van der Waals surface area contributed by atoms with Crippen molar-refractivity contribution < 1.29 is 22.3 Å². The summed E-state index contributed by atoms with van der Waals surface area (Å²) < 4.78 is 58.4. The van der Waals surface area contributed by atoms with Gasteiger partial charge in [-0.05, 0) is 18.2 Å². The molecule has 0 unspecified atom stereocenters. The van der Waals surface area contributed by atoms with Gasteiger partial charge in [0.2, 0.25) is 11.6 Å². The molecule has 0 aliphatic carbocycles. The Morgan fingerprint density at radius 3 is 2.41 bits per heavy atom. The molecule has 22 heavy (non-hydrogen) atoms. The van der Waals surface area contributed by atoms with E-state index in [0.29, 0.717) is 15.8 Å². The number of aromatic nitrogens is 1. The summed E-state index contributed by atoms with van der Waals surface area (Å²) in [6.45, 7) is 0. The van der Waals surface area contributed by atoms with E-state index in [2.05, 4.69) is 26.0 Å². The molecule has 116 valence electrons. The first-order valence-corrected chi connectivity index (χ1v) is 6.56. The first-order chi connectivity index (χ1) is 10.4. The van der Waals surface area contributed by atoms with Gasteiger partial charge in [0, 0.05) is 10.0 Å². The highest BCUT2D eigenvalue weighted by atomic mass is 79.9.